The summed E-state index contributed by atoms with van der Waals surface area (Å²) in [5, 5.41) is 0. The van der Waals surface area contributed by atoms with Crippen LogP contribution in [-0.4, -0.2) is 9.55 Å². The molecule has 6 heteroatoms. The molecule has 2 rings (SSSR count). The Labute approximate surface area is 113 Å². The van der Waals surface area contributed by atoms with Gasteiger partial charge in [0.15, 0.2) is 0 Å². The predicted octanol–water partition coefficient (Wildman–Crippen LogP) is 2.07. The highest BCUT2D eigenvalue weighted by molar-refractivity contribution is 9.10. The van der Waals surface area contributed by atoms with Crippen molar-refractivity contribution in [2.24, 2.45) is 12.9 Å². The quantitative estimate of drug-likeness (QED) is 0.671. The minimum atomic E-state index is -0.264. The number of hydrogen-bond donors (Lipinski definition) is 2. The first-order valence-corrected chi connectivity index (χ1v) is 6.28. The maximum absolute atomic E-state index is 13.0. The maximum Gasteiger partial charge on any atom is 0.127 e. The monoisotopic (exact) mass is 312 g/mol. The second-order valence-corrected chi connectivity index (χ2v) is 4.91. The Morgan fingerprint density at radius 2 is 2.33 bits per heavy atom. The van der Waals surface area contributed by atoms with Crippen molar-refractivity contribution in [3.8, 4) is 0 Å². The van der Waals surface area contributed by atoms with Crippen LogP contribution in [0.5, 0.6) is 0 Å². The van der Waals surface area contributed by atoms with E-state index in [1.54, 1.807) is 12.3 Å². The normalized spacial score (nSPS) is 12.7. The fraction of sp³-hybridized carbons (Fsp3) is 0.250. The molecule has 2 aromatic rings. The van der Waals surface area contributed by atoms with Gasteiger partial charge in [-0.15, -0.1) is 0 Å². The number of imidazole rings is 1. The van der Waals surface area contributed by atoms with Crippen molar-refractivity contribution in [3.05, 3.63) is 52.3 Å². The number of nitrogens with two attached hydrogens (primary N) is 1. The number of hydrazine groups is 1. The van der Waals surface area contributed by atoms with Gasteiger partial charge in [-0.3, -0.25) is 5.84 Å². The summed E-state index contributed by atoms with van der Waals surface area (Å²) in [6.07, 6.45) is 4.21. The molecular weight excluding hydrogens is 299 g/mol. The zero-order chi connectivity index (χ0) is 13.1. The molecule has 18 heavy (non-hydrogen) atoms. The number of halogens is 2. The zero-order valence-electron chi connectivity index (χ0n) is 9.90. The highest BCUT2D eigenvalue weighted by Gasteiger charge is 2.16. The van der Waals surface area contributed by atoms with Crippen molar-refractivity contribution in [1.82, 2.24) is 15.0 Å². The van der Waals surface area contributed by atoms with E-state index in [-0.39, 0.29) is 11.9 Å². The number of hydrogen-bond acceptors (Lipinski definition) is 3. The first kappa shape index (κ1) is 13.2. The van der Waals surface area contributed by atoms with Crippen LogP contribution in [0.4, 0.5) is 4.39 Å². The van der Waals surface area contributed by atoms with Crippen LogP contribution in [0.1, 0.15) is 17.4 Å². The summed E-state index contributed by atoms with van der Waals surface area (Å²) in [5.41, 5.74) is 3.71. The highest BCUT2D eigenvalue weighted by atomic mass is 79.9. The third-order valence-electron chi connectivity index (χ3n) is 2.81. The van der Waals surface area contributed by atoms with Crippen LogP contribution in [-0.2, 0) is 13.5 Å². The summed E-state index contributed by atoms with van der Waals surface area (Å²) in [4.78, 5) is 4.26. The molecule has 3 N–H and O–H groups in total. The van der Waals surface area contributed by atoms with Crippen molar-refractivity contribution in [3.63, 3.8) is 0 Å². The van der Waals surface area contributed by atoms with Crippen LogP contribution in [0.2, 0.25) is 0 Å². The van der Waals surface area contributed by atoms with Gasteiger partial charge in [-0.1, -0.05) is 22.0 Å². The molecule has 0 aliphatic carbocycles. The second-order valence-electron chi connectivity index (χ2n) is 4.06. The minimum absolute atomic E-state index is 0.119. The summed E-state index contributed by atoms with van der Waals surface area (Å²) < 4.78 is 15.7. The molecule has 0 bridgehead atoms. The largest absolute Gasteiger partial charge is 0.337 e. The van der Waals surface area contributed by atoms with E-state index in [2.05, 4.69) is 26.3 Å². The lowest BCUT2D eigenvalue weighted by Gasteiger charge is -2.16. The number of aryl methyl sites for hydroxylation is 1. The van der Waals surface area contributed by atoms with E-state index >= 15 is 0 Å². The second kappa shape index (κ2) is 5.60. The molecule has 4 nitrogen and oxygen atoms in total. The number of aromatic nitrogens is 2. The van der Waals surface area contributed by atoms with Crippen LogP contribution in [0, 0.1) is 5.82 Å². The fourth-order valence-corrected chi connectivity index (χ4v) is 2.36. The van der Waals surface area contributed by atoms with Gasteiger partial charge in [-0.2, -0.15) is 0 Å². The van der Waals surface area contributed by atoms with E-state index in [1.807, 2.05) is 17.8 Å². The summed E-state index contributed by atoms with van der Waals surface area (Å²) in [7, 11) is 1.91. The van der Waals surface area contributed by atoms with Crippen LogP contribution in [0.25, 0.3) is 0 Å². The van der Waals surface area contributed by atoms with Gasteiger partial charge in [0.1, 0.15) is 11.6 Å². The molecule has 0 fully saturated rings. The Kier molecular flexibility index (Phi) is 4.11. The average Bonchev–Trinajstić information content (AvgIpc) is 2.75. The van der Waals surface area contributed by atoms with Crippen LogP contribution >= 0.6 is 15.9 Å². The van der Waals surface area contributed by atoms with Gasteiger partial charge < -0.3 is 4.57 Å². The molecule has 1 aromatic heterocycles. The SMILES string of the molecule is Cn1ccnc1C(Cc1ccc(F)cc1Br)NN. The predicted molar refractivity (Wildman–Crippen MR) is 71.1 cm³/mol. The van der Waals surface area contributed by atoms with Crippen molar-refractivity contribution in [2.45, 2.75) is 12.5 Å². The molecule has 96 valence electrons. The molecule has 1 aromatic carbocycles. The van der Waals surface area contributed by atoms with E-state index in [9.17, 15) is 4.39 Å². The molecule has 0 saturated heterocycles. The lowest BCUT2D eigenvalue weighted by molar-refractivity contribution is 0.506. The van der Waals surface area contributed by atoms with Gasteiger partial charge in [-0.25, -0.2) is 14.8 Å². The molecule has 1 heterocycles. The third kappa shape index (κ3) is 2.77. The molecule has 0 amide bonds. The first-order chi connectivity index (χ1) is 8.61. The molecule has 0 spiro atoms. The Bertz CT molecular complexity index is 541. The maximum atomic E-state index is 13.0. The lowest BCUT2D eigenvalue weighted by atomic mass is 10.1. The summed E-state index contributed by atoms with van der Waals surface area (Å²) in [6.45, 7) is 0. The Morgan fingerprint density at radius 1 is 1.56 bits per heavy atom. The van der Waals surface area contributed by atoms with E-state index in [0.29, 0.717) is 6.42 Å². The van der Waals surface area contributed by atoms with Crippen LogP contribution < -0.4 is 11.3 Å². The van der Waals surface area contributed by atoms with E-state index < -0.39 is 0 Å². The van der Waals surface area contributed by atoms with E-state index in [4.69, 9.17) is 5.84 Å². The van der Waals surface area contributed by atoms with Gasteiger partial charge in [-0.05, 0) is 24.1 Å². The van der Waals surface area contributed by atoms with Gasteiger partial charge in [0.2, 0.25) is 0 Å². The minimum Gasteiger partial charge on any atom is -0.337 e. The summed E-state index contributed by atoms with van der Waals surface area (Å²) in [5.74, 6) is 6.15. The van der Waals surface area contributed by atoms with Crippen LogP contribution in [0.3, 0.4) is 0 Å². The Morgan fingerprint density at radius 3 is 2.89 bits per heavy atom. The summed E-state index contributed by atoms with van der Waals surface area (Å²) in [6, 6.07) is 4.51. The number of nitrogens with zero attached hydrogens (tertiary/aromatic N) is 2. The van der Waals surface area contributed by atoms with Crippen molar-refractivity contribution < 1.29 is 4.39 Å². The van der Waals surface area contributed by atoms with Gasteiger partial charge >= 0.3 is 0 Å². The van der Waals surface area contributed by atoms with Gasteiger partial charge in [0.05, 0.1) is 6.04 Å². The van der Waals surface area contributed by atoms with Crippen molar-refractivity contribution >= 4 is 15.9 Å². The molecule has 0 aliphatic rings. The van der Waals surface area contributed by atoms with Gasteiger partial charge in [0.25, 0.3) is 0 Å². The van der Waals surface area contributed by atoms with Crippen molar-refractivity contribution in [2.75, 3.05) is 0 Å². The Hall–Kier alpha value is -1.24. The molecule has 0 radical (unpaired) electrons. The Balaban J connectivity index is 2.23. The molecule has 1 atom stereocenters. The standard InChI is InChI=1S/C12H14BrFN4/c1-18-5-4-16-12(18)11(17-15)6-8-2-3-9(14)7-10(8)13/h2-5,7,11,17H,6,15H2,1H3. The number of benzene rings is 1. The zero-order valence-corrected chi connectivity index (χ0v) is 11.5. The average molecular weight is 313 g/mol. The molecular formula is C12H14BrFN4. The smallest absolute Gasteiger partial charge is 0.127 e. The number of rotatable bonds is 4. The lowest BCUT2D eigenvalue weighted by Crippen LogP contribution is -2.31. The van der Waals surface area contributed by atoms with Gasteiger partial charge in [0, 0.05) is 23.9 Å². The third-order valence-corrected chi connectivity index (χ3v) is 3.55. The van der Waals surface area contributed by atoms with E-state index in [1.165, 1.54) is 12.1 Å². The first-order valence-electron chi connectivity index (χ1n) is 5.49. The highest BCUT2D eigenvalue weighted by Crippen LogP contribution is 2.23. The topological polar surface area (TPSA) is 55.9 Å². The summed E-state index contributed by atoms with van der Waals surface area (Å²) >= 11 is 3.35. The molecule has 0 saturated carbocycles. The fourth-order valence-electron chi connectivity index (χ4n) is 1.84. The molecule has 1 unspecified atom stereocenters. The molecule has 0 aliphatic heterocycles. The van der Waals surface area contributed by atoms with E-state index in [0.717, 1.165) is 15.9 Å². The van der Waals surface area contributed by atoms with Crippen LogP contribution in [0.15, 0.2) is 35.1 Å². The number of nitrogens with one attached hydrogen (secondary N) is 1. The van der Waals surface area contributed by atoms with Crippen molar-refractivity contribution in [1.29, 1.82) is 0 Å².